The van der Waals surface area contributed by atoms with Crippen molar-refractivity contribution in [2.45, 2.75) is 40.0 Å². The quantitative estimate of drug-likeness (QED) is 0.834. The van der Waals surface area contributed by atoms with Crippen LogP contribution in [0.2, 0.25) is 0 Å². The molecule has 1 aliphatic rings. The molecule has 0 radical (unpaired) electrons. The maximum absolute atomic E-state index is 12.2. The summed E-state index contributed by atoms with van der Waals surface area (Å²) in [6.45, 7) is 12.1. The van der Waals surface area contributed by atoms with E-state index in [-0.39, 0.29) is 22.9 Å². The Labute approximate surface area is 137 Å². The van der Waals surface area contributed by atoms with Crippen molar-refractivity contribution in [1.29, 1.82) is 0 Å². The van der Waals surface area contributed by atoms with E-state index in [1.165, 1.54) is 6.20 Å². The largest absolute Gasteiger partial charge is 0.351 e. The molecule has 1 fully saturated rings. The van der Waals surface area contributed by atoms with Crippen LogP contribution in [0.4, 0.5) is 0 Å². The van der Waals surface area contributed by atoms with Gasteiger partial charge in [0, 0.05) is 31.7 Å². The fourth-order valence-corrected chi connectivity index (χ4v) is 2.96. The molecule has 1 aromatic rings. The first-order valence-corrected chi connectivity index (χ1v) is 8.46. The standard InChI is InChI=1S/C17H28N4O2/c1-11(2)9-21-6-5-13(10-21)7-19-16(22)14-8-18-15(12(3)4)20-17(14)23/h8,11-13H,5-7,9-10H2,1-4H3,(H,19,22)(H,18,20,23)/t13-/m1/s1. The number of rotatable bonds is 6. The summed E-state index contributed by atoms with van der Waals surface area (Å²) in [7, 11) is 0. The Morgan fingerprint density at radius 3 is 2.78 bits per heavy atom. The van der Waals surface area contributed by atoms with E-state index in [2.05, 4.69) is 34.0 Å². The summed E-state index contributed by atoms with van der Waals surface area (Å²) < 4.78 is 0. The smallest absolute Gasteiger partial charge is 0.263 e. The monoisotopic (exact) mass is 320 g/mol. The number of likely N-dealkylation sites (tertiary alicyclic amines) is 1. The molecular weight excluding hydrogens is 292 g/mol. The molecule has 2 heterocycles. The fourth-order valence-electron chi connectivity index (χ4n) is 2.96. The van der Waals surface area contributed by atoms with Crippen LogP contribution in [0.1, 0.15) is 56.2 Å². The molecule has 0 aliphatic carbocycles. The van der Waals surface area contributed by atoms with E-state index in [0.717, 1.165) is 26.1 Å². The van der Waals surface area contributed by atoms with Gasteiger partial charge in [-0.3, -0.25) is 9.59 Å². The van der Waals surface area contributed by atoms with E-state index >= 15 is 0 Å². The van der Waals surface area contributed by atoms with Gasteiger partial charge in [0.1, 0.15) is 11.4 Å². The number of aromatic nitrogens is 2. The van der Waals surface area contributed by atoms with Crippen molar-refractivity contribution in [3.05, 3.63) is 27.9 Å². The van der Waals surface area contributed by atoms with Crippen LogP contribution in [-0.4, -0.2) is 47.0 Å². The van der Waals surface area contributed by atoms with E-state index in [1.807, 2.05) is 13.8 Å². The highest BCUT2D eigenvalue weighted by molar-refractivity contribution is 5.93. The Hall–Kier alpha value is -1.69. The molecule has 0 unspecified atom stereocenters. The summed E-state index contributed by atoms with van der Waals surface area (Å²) in [5.41, 5.74) is -0.277. The lowest BCUT2D eigenvalue weighted by molar-refractivity contribution is 0.0945. The molecule has 1 saturated heterocycles. The number of nitrogens with one attached hydrogen (secondary N) is 2. The van der Waals surface area contributed by atoms with Gasteiger partial charge in [0.25, 0.3) is 11.5 Å². The SMILES string of the molecule is CC(C)CN1CC[C@H](CNC(=O)c2cnc(C(C)C)[nH]c2=O)C1. The summed E-state index contributed by atoms with van der Waals surface area (Å²) in [5.74, 6) is 1.51. The molecule has 1 aliphatic heterocycles. The lowest BCUT2D eigenvalue weighted by Crippen LogP contribution is -2.35. The Morgan fingerprint density at radius 2 is 2.17 bits per heavy atom. The van der Waals surface area contributed by atoms with E-state index in [9.17, 15) is 9.59 Å². The molecule has 0 bridgehead atoms. The zero-order valence-corrected chi connectivity index (χ0v) is 14.6. The number of amides is 1. The molecule has 1 atom stereocenters. The second-order valence-electron chi connectivity index (χ2n) is 7.18. The van der Waals surface area contributed by atoms with Crippen molar-refractivity contribution >= 4 is 5.91 Å². The number of carbonyl (C=O) groups excluding carboxylic acids is 1. The molecule has 23 heavy (non-hydrogen) atoms. The molecule has 6 heteroatoms. The Bertz CT molecular complexity index is 595. The van der Waals surface area contributed by atoms with Gasteiger partial charge in [-0.25, -0.2) is 4.98 Å². The van der Waals surface area contributed by atoms with Gasteiger partial charge in [-0.15, -0.1) is 0 Å². The number of nitrogens with zero attached hydrogens (tertiary/aromatic N) is 2. The van der Waals surface area contributed by atoms with Gasteiger partial charge in [-0.05, 0) is 24.8 Å². The van der Waals surface area contributed by atoms with Gasteiger partial charge in [0.05, 0.1) is 0 Å². The predicted molar refractivity (Wildman–Crippen MR) is 90.7 cm³/mol. The summed E-state index contributed by atoms with van der Waals surface area (Å²) in [6.07, 6.45) is 2.47. The third-order valence-electron chi connectivity index (χ3n) is 4.16. The van der Waals surface area contributed by atoms with E-state index < -0.39 is 0 Å². The van der Waals surface area contributed by atoms with Crippen molar-refractivity contribution in [1.82, 2.24) is 20.2 Å². The van der Waals surface area contributed by atoms with Crippen molar-refractivity contribution < 1.29 is 4.79 Å². The van der Waals surface area contributed by atoms with Crippen LogP contribution in [0, 0.1) is 11.8 Å². The van der Waals surface area contributed by atoms with Gasteiger partial charge in [-0.1, -0.05) is 27.7 Å². The topological polar surface area (TPSA) is 78.1 Å². The first-order chi connectivity index (χ1) is 10.9. The number of H-pyrrole nitrogens is 1. The molecule has 1 aromatic heterocycles. The molecule has 6 nitrogen and oxygen atoms in total. The molecule has 2 rings (SSSR count). The third-order valence-corrected chi connectivity index (χ3v) is 4.16. The summed E-state index contributed by atoms with van der Waals surface area (Å²) >= 11 is 0. The van der Waals surface area contributed by atoms with E-state index in [4.69, 9.17) is 0 Å². The zero-order valence-electron chi connectivity index (χ0n) is 14.6. The van der Waals surface area contributed by atoms with E-state index in [1.54, 1.807) is 0 Å². The van der Waals surface area contributed by atoms with Crippen LogP contribution < -0.4 is 10.9 Å². The van der Waals surface area contributed by atoms with Gasteiger partial charge >= 0.3 is 0 Å². The van der Waals surface area contributed by atoms with Crippen LogP contribution in [0.5, 0.6) is 0 Å². The van der Waals surface area contributed by atoms with Crippen molar-refractivity contribution in [3.8, 4) is 0 Å². The average Bonchev–Trinajstić information content (AvgIpc) is 2.91. The molecular formula is C17H28N4O2. The van der Waals surface area contributed by atoms with E-state index in [0.29, 0.717) is 24.2 Å². The number of carbonyl (C=O) groups is 1. The first-order valence-electron chi connectivity index (χ1n) is 8.46. The maximum atomic E-state index is 12.2. The summed E-state index contributed by atoms with van der Waals surface area (Å²) in [4.78, 5) is 33.4. The Morgan fingerprint density at radius 1 is 1.43 bits per heavy atom. The molecule has 1 amide bonds. The normalized spacial score (nSPS) is 18.8. The van der Waals surface area contributed by atoms with Crippen molar-refractivity contribution in [2.75, 3.05) is 26.2 Å². The van der Waals surface area contributed by atoms with Crippen molar-refractivity contribution in [2.24, 2.45) is 11.8 Å². The number of aromatic amines is 1. The van der Waals surface area contributed by atoms with Gasteiger partial charge < -0.3 is 15.2 Å². The molecule has 0 saturated carbocycles. The van der Waals surface area contributed by atoms with Gasteiger partial charge in [0.2, 0.25) is 0 Å². The van der Waals surface area contributed by atoms with Crippen molar-refractivity contribution in [3.63, 3.8) is 0 Å². The summed E-state index contributed by atoms with van der Waals surface area (Å²) in [5, 5.41) is 2.88. The van der Waals surface area contributed by atoms with Crippen LogP contribution in [0.15, 0.2) is 11.0 Å². The lowest BCUT2D eigenvalue weighted by Gasteiger charge is -2.18. The second kappa shape index (κ2) is 7.73. The third kappa shape index (κ3) is 4.89. The molecule has 0 spiro atoms. The second-order valence-corrected chi connectivity index (χ2v) is 7.18. The van der Waals surface area contributed by atoms with Gasteiger partial charge in [-0.2, -0.15) is 0 Å². The maximum Gasteiger partial charge on any atom is 0.263 e. The number of hydrogen-bond donors (Lipinski definition) is 2. The number of hydrogen-bond acceptors (Lipinski definition) is 4. The minimum absolute atomic E-state index is 0.0893. The predicted octanol–water partition coefficient (Wildman–Crippen LogP) is 1.60. The van der Waals surface area contributed by atoms with Gasteiger partial charge in [0.15, 0.2) is 0 Å². The first kappa shape index (κ1) is 17.7. The van der Waals surface area contributed by atoms with Crippen LogP contribution in [0.25, 0.3) is 0 Å². The lowest BCUT2D eigenvalue weighted by atomic mass is 10.1. The molecule has 2 N–H and O–H groups in total. The highest BCUT2D eigenvalue weighted by Crippen LogP contribution is 2.16. The fraction of sp³-hybridized carbons (Fsp3) is 0.706. The minimum Gasteiger partial charge on any atom is -0.351 e. The highest BCUT2D eigenvalue weighted by atomic mass is 16.2. The summed E-state index contributed by atoms with van der Waals surface area (Å²) in [6, 6.07) is 0. The molecule has 0 aromatic carbocycles. The minimum atomic E-state index is -0.367. The van der Waals surface area contributed by atoms with Crippen LogP contribution in [0.3, 0.4) is 0 Å². The van der Waals surface area contributed by atoms with Crippen LogP contribution in [-0.2, 0) is 0 Å². The van der Waals surface area contributed by atoms with Crippen LogP contribution >= 0.6 is 0 Å². The zero-order chi connectivity index (χ0) is 17.0. The average molecular weight is 320 g/mol. The molecule has 128 valence electrons. The Kier molecular flexibility index (Phi) is 5.93. The highest BCUT2D eigenvalue weighted by Gasteiger charge is 2.23. The Balaban J connectivity index is 1.87.